The fourth-order valence-electron chi connectivity index (χ4n) is 5.30. The molecule has 5 rings (SSSR count). The summed E-state index contributed by atoms with van der Waals surface area (Å²) in [5.74, 6) is -0.479. The molecule has 1 N–H and O–H groups in total. The van der Waals surface area contributed by atoms with Gasteiger partial charge in [-0.3, -0.25) is 14.5 Å². The van der Waals surface area contributed by atoms with Gasteiger partial charge < -0.3 is 28.6 Å². The lowest BCUT2D eigenvalue weighted by Crippen LogP contribution is -2.39. The maximum absolute atomic E-state index is 13.9. The molecule has 212 valence electrons. The Bertz CT molecular complexity index is 1390. The van der Waals surface area contributed by atoms with Crippen LogP contribution in [0, 0.1) is 0 Å². The van der Waals surface area contributed by atoms with Gasteiger partial charge in [0.2, 0.25) is 5.78 Å². The largest absolute Gasteiger partial charge is 0.503 e. The molecule has 1 saturated heterocycles. The van der Waals surface area contributed by atoms with Gasteiger partial charge in [0.15, 0.2) is 22.9 Å². The Morgan fingerprint density at radius 2 is 1.88 bits per heavy atom. The Morgan fingerprint density at radius 3 is 2.65 bits per heavy atom. The van der Waals surface area contributed by atoms with Crippen molar-refractivity contribution in [3.8, 4) is 11.5 Å². The molecule has 2 aliphatic rings. The SMILES string of the molecule is CCCCOc1cccc(C2C(C(=O)c3cc4cccc(OC)c4o3)=C(O)C(=O)N2CCCN2CCOCC2)c1. The third-order valence-electron chi connectivity index (χ3n) is 7.42. The lowest BCUT2D eigenvalue weighted by atomic mass is 9.94. The Kier molecular flexibility index (Phi) is 8.72. The van der Waals surface area contributed by atoms with Gasteiger partial charge in [0.25, 0.3) is 5.91 Å². The van der Waals surface area contributed by atoms with Gasteiger partial charge in [-0.1, -0.05) is 37.6 Å². The maximum Gasteiger partial charge on any atom is 0.290 e. The molecule has 0 saturated carbocycles. The summed E-state index contributed by atoms with van der Waals surface area (Å²) in [5, 5.41) is 11.8. The molecule has 9 heteroatoms. The van der Waals surface area contributed by atoms with Crippen LogP contribution in [0.15, 0.2) is 64.3 Å². The number of morpholine rings is 1. The van der Waals surface area contributed by atoms with E-state index in [0.717, 1.165) is 32.5 Å². The van der Waals surface area contributed by atoms with Crippen LogP contribution >= 0.6 is 0 Å². The number of aliphatic hydroxyl groups is 1. The molecule has 0 radical (unpaired) electrons. The number of nitrogens with zero attached hydrogens (tertiary/aromatic N) is 2. The fraction of sp³-hybridized carbons (Fsp3) is 0.419. The Balaban J connectivity index is 1.47. The van der Waals surface area contributed by atoms with Gasteiger partial charge in [0.05, 0.1) is 38.5 Å². The molecule has 9 nitrogen and oxygen atoms in total. The number of carbonyl (C=O) groups excluding carboxylic acids is 2. The van der Waals surface area contributed by atoms with Crippen molar-refractivity contribution in [2.75, 3.05) is 53.1 Å². The van der Waals surface area contributed by atoms with Gasteiger partial charge in [0, 0.05) is 31.6 Å². The molecule has 1 aromatic heterocycles. The van der Waals surface area contributed by atoms with E-state index in [1.165, 1.54) is 7.11 Å². The summed E-state index contributed by atoms with van der Waals surface area (Å²) in [6, 6.07) is 13.6. The van der Waals surface area contributed by atoms with Crippen LogP contribution in [0.3, 0.4) is 0 Å². The van der Waals surface area contributed by atoms with E-state index >= 15 is 0 Å². The van der Waals surface area contributed by atoms with Crippen LogP contribution in [-0.4, -0.2) is 79.7 Å². The number of furan rings is 1. The zero-order chi connectivity index (χ0) is 28.1. The number of ether oxygens (including phenoxy) is 3. The number of aliphatic hydroxyl groups excluding tert-OH is 1. The van der Waals surface area contributed by atoms with Gasteiger partial charge in [0.1, 0.15) is 5.75 Å². The van der Waals surface area contributed by atoms with Crippen molar-refractivity contribution >= 4 is 22.7 Å². The van der Waals surface area contributed by atoms with Gasteiger partial charge in [-0.25, -0.2) is 0 Å². The Morgan fingerprint density at radius 1 is 1.07 bits per heavy atom. The van der Waals surface area contributed by atoms with Crippen molar-refractivity contribution < 1.29 is 33.3 Å². The number of ketones is 1. The molecule has 2 aliphatic heterocycles. The topological polar surface area (TPSA) is 102 Å². The van der Waals surface area contributed by atoms with Gasteiger partial charge in [-0.05, 0) is 42.7 Å². The third-order valence-corrected chi connectivity index (χ3v) is 7.42. The number of rotatable bonds is 12. The predicted molar refractivity (Wildman–Crippen MR) is 150 cm³/mol. The first kappa shape index (κ1) is 27.7. The monoisotopic (exact) mass is 548 g/mol. The highest BCUT2D eigenvalue weighted by molar-refractivity contribution is 6.16. The molecule has 0 bridgehead atoms. The molecule has 0 aliphatic carbocycles. The van der Waals surface area contributed by atoms with E-state index < -0.39 is 23.5 Å². The fourth-order valence-corrected chi connectivity index (χ4v) is 5.30. The van der Waals surface area contributed by atoms with E-state index in [0.29, 0.717) is 60.8 Å². The zero-order valence-electron chi connectivity index (χ0n) is 23.1. The first-order valence-corrected chi connectivity index (χ1v) is 13.9. The molecule has 40 heavy (non-hydrogen) atoms. The van der Waals surface area contributed by atoms with E-state index in [-0.39, 0.29) is 11.3 Å². The molecule has 1 unspecified atom stereocenters. The maximum atomic E-state index is 13.9. The van der Waals surface area contributed by atoms with Crippen molar-refractivity contribution in [1.29, 1.82) is 0 Å². The normalized spacial score (nSPS) is 18.1. The average Bonchev–Trinajstić information content (AvgIpc) is 3.53. The van der Waals surface area contributed by atoms with Gasteiger partial charge >= 0.3 is 0 Å². The highest BCUT2D eigenvalue weighted by atomic mass is 16.5. The van der Waals surface area contributed by atoms with Crippen molar-refractivity contribution in [1.82, 2.24) is 9.80 Å². The van der Waals surface area contributed by atoms with Crippen LogP contribution in [0.25, 0.3) is 11.0 Å². The summed E-state index contributed by atoms with van der Waals surface area (Å²) in [4.78, 5) is 31.2. The van der Waals surface area contributed by atoms with Crippen LogP contribution in [-0.2, 0) is 9.53 Å². The molecule has 2 aromatic carbocycles. The van der Waals surface area contributed by atoms with E-state index in [1.54, 1.807) is 17.0 Å². The standard InChI is InChI=1S/C31H36N2O7/c1-3-4-16-39-23-10-5-8-21(19-23)27-26(28(34)25-20-22-9-6-11-24(37-2)30(22)40-25)29(35)31(36)33(27)13-7-12-32-14-17-38-18-15-32/h5-6,8-11,19-20,27,35H,3-4,7,12-18H2,1-2H3. The van der Waals surface area contributed by atoms with E-state index in [9.17, 15) is 14.7 Å². The number of fused-ring (bicyclic) bond motifs is 1. The summed E-state index contributed by atoms with van der Waals surface area (Å²) >= 11 is 0. The van der Waals surface area contributed by atoms with Crippen molar-refractivity contribution in [3.05, 3.63) is 71.2 Å². The van der Waals surface area contributed by atoms with E-state index in [1.807, 2.05) is 36.4 Å². The number of para-hydroxylation sites is 1. The summed E-state index contributed by atoms with van der Waals surface area (Å²) < 4.78 is 22.7. The summed E-state index contributed by atoms with van der Waals surface area (Å²) in [7, 11) is 1.53. The van der Waals surface area contributed by atoms with Crippen LogP contribution in [0.4, 0.5) is 0 Å². The molecule has 3 aromatic rings. The minimum Gasteiger partial charge on any atom is -0.503 e. The smallest absolute Gasteiger partial charge is 0.290 e. The third kappa shape index (κ3) is 5.71. The summed E-state index contributed by atoms with van der Waals surface area (Å²) in [6.07, 6.45) is 2.61. The number of unbranched alkanes of at least 4 members (excludes halogenated alkanes) is 1. The van der Waals surface area contributed by atoms with E-state index in [4.69, 9.17) is 18.6 Å². The molecular formula is C31H36N2O7. The number of amides is 1. The summed E-state index contributed by atoms with van der Waals surface area (Å²) in [5.41, 5.74) is 1.12. The summed E-state index contributed by atoms with van der Waals surface area (Å²) in [6.45, 7) is 6.90. The van der Waals surface area contributed by atoms with E-state index in [2.05, 4.69) is 11.8 Å². The van der Waals surface area contributed by atoms with Crippen molar-refractivity contribution in [2.24, 2.45) is 0 Å². The predicted octanol–water partition coefficient (Wildman–Crippen LogP) is 4.92. The first-order chi connectivity index (χ1) is 19.5. The Labute approximate surface area is 233 Å². The van der Waals surface area contributed by atoms with Crippen molar-refractivity contribution in [3.63, 3.8) is 0 Å². The zero-order valence-corrected chi connectivity index (χ0v) is 23.1. The molecule has 1 atom stereocenters. The Hall–Kier alpha value is -3.82. The molecule has 0 spiro atoms. The minimum atomic E-state index is -0.783. The number of hydrogen-bond acceptors (Lipinski definition) is 8. The highest BCUT2D eigenvalue weighted by Gasteiger charge is 2.44. The lowest BCUT2D eigenvalue weighted by Gasteiger charge is -2.30. The van der Waals surface area contributed by atoms with Crippen LogP contribution in [0.1, 0.15) is 48.3 Å². The van der Waals surface area contributed by atoms with Crippen LogP contribution < -0.4 is 9.47 Å². The number of hydrogen-bond donors (Lipinski definition) is 1. The second kappa shape index (κ2) is 12.6. The van der Waals surface area contributed by atoms with Crippen LogP contribution in [0.2, 0.25) is 0 Å². The highest BCUT2D eigenvalue weighted by Crippen LogP contribution is 2.41. The molecule has 3 heterocycles. The molecule has 1 amide bonds. The molecule has 1 fully saturated rings. The first-order valence-electron chi connectivity index (χ1n) is 13.9. The minimum absolute atomic E-state index is 0.0000960. The quantitative estimate of drug-likeness (QED) is 0.251. The number of Topliss-reactive ketones (excluding diaryl/α,β-unsaturated/α-hetero) is 1. The number of methoxy groups -OCH3 is 1. The average molecular weight is 549 g/mol. The van der Waals surface area contributed by atoms with Gasteiger partial charge in [-0.15, -0.1) is 0 Å². The lowest BCUT2D eigenvalue weighted by molar-refractivity contribution is -0.129. The van der Waals surface area contributed by atoms with Gasteiger partial charge in [-0.2, -0.15) is 0 Å². The second-order valence-corrected chi connectivity index (χ2v) is 10.1. The van der Waals surface area contributed by atoms with Crippen molar-refractivity contribution in [2.45, 2.75) is 32.2 Å². The van der Waals surface area contributed by atoms with Crippen LogP contribution in [0.5, 0.6) is 11.5 Å². The molecular weight excluding hydrogens is 512 g/mol. The number of carbonyl (C=O) groups is 2. The number of benzene rings is 2. The second-order valence-electron chi connectivity index (χ2n) is 10.1.